The highest BCUT2D eigenvalue weighted by Gasteiger charge is 2.07. The van der Waals surface area contributed by atoms with Gasteiger partial charge in [0.1, 0.15) is 5.82 Å². The fraction of sp³-hybridized carbons (Fsp3) is 0.100. The molecule has 0 spiro atoms. The minimum atomic E-state index is -0.500. The number of carbonyl (C=O) groups excluding carboxylic acids is 1. The number of aromatic amines is 1. The van der Waals surface area contributed by atoms with Gasteiger partial charge in [-0.05, 0) is 12.1 Å². The lowest BCUT2D eigenvalue weighted by atomic mass is 10.2. The quantitative estimate of drug-likeness (QED) is 0.695. The van der Waals surface area contributed by atoms with E-state index in [1.165, 1.54) is 0 Å². The summed E-state index contributed by atoms with van der Waals surface area (Å²) in [5, 5.41) is 3.01. The van der Waals surface area contributed by atoms with Crippen molar-refractivity contribution in [2.75, 3.05) is 5.32 Å². The summed E-state index contributed by atoms with van der Waals surface area (Å²) in [4.78, 5) is 22.0. The number of carbonyl (C=O) groups is 1. The normalized spacial score (nSPS) is 10.0. The fourth-order valence-corrected chi connectivity index (χ4v) is 1.31. The van der Waals surface area contributed by atoms with Crippen LogP contribution in [0.15, 0.2) is 30.9 Å². The summed E-state index contributed by atoms with van der Waals surface area (Å²) >= 11 is 0. The number of aromatic nitrogens is 3. The predicted molar refractivity (Wildman–Crippen MR) is 58.7 cm³/mol. The second-order valence-corrected chi connectivity index (χ2v) is 3.19. The van der Waals surface area contributed by atoms with Crippen LogP contribution >= 0.6 is 0 Å². The number of nitrogens with two attached hydrogens (primary N) is 1. The molecule has 0 saturated heterocycles. The maximum atomic E-state index is 11.1. The molecule has 0 fully saturated rings. The van der Waals surface area contributed by atoms with Crippen LogP contribution in [-0.4, -0.2) is 20.9 Å². The summed E-state index contributed by atoms with van der Waals surface area (Å²) in [6.07, 6.45) is 4.88. The molecule has 2 aromatic rings. The Kier molecular flexibility index (Phi) is 2.81. The van der Waals surface area contributed by atoms with Gasteiger partial charge in [0.2, 0.25) is 0 Å². The molecule has 0 aromatic carbocycles. The molecule has 2 heterocycles. The predicted octanol–water partition coefficient (Wildman–Crippen LogP) is 0.516. The average molecular weight is 217 g/mol. The van der Waals surface area contributed by atoms with Crippen molar-refractivity contribution in [1.29, 1.82) is 0 Å². The first-order valence-corrected chi connectivity index (χ1v) is 4.73. The first-order valence-electron chi connectivity index (χ1n) is 4.73. The van der Waals surface area contributed by atoms with Gasteiger partial charge in [0.05, 0.1) is 24.1 Å². The van der Waals surface area contributed by atoms with E-state index in [9.17, 15) is 4.79 Å². The third-order valence-electron chi connectivity index (χ3n) is 2.07. The van der Waals surface area contributed by atoms with Crippen LogP contribution < -0.4 is 11.1 Å². The third kappa shape index (κ3) is 2.17. The van der Waals surface area contributed by atoms with Crippen molar-refractivity contribution in [1.82, 2.24) is 15.0 Å². The Bertz CT molecular complexity index is 480. The molecule has 2 rings (SSSR count). The lowest BCUT2D eigenvalue weighted by Gasteiger charge is -2.06. The number of imidazole rings is 1. The van der Waals surface area contributed by atoms with Gasteiger partial charge in [-0.3, -0.25) is 4.79 Å². The minimum absolute atomic E-state index is 0.377. The van der Waals surface area contributed by atoms with Crippen molar-refractivity contribution in [2.24, 2.45) is 5.73 Å². The average Bonchev–Trinajstić information content (AvgIpc) is 2.79. The number of amides is 1. The molecule has 0 saturated carbocycles. The number of hydrogen-bond donors (Lipinski definition) is 3. The maximum absolute atomic E-state index is 11.1. The molecular weight excluding hydrogens is 206 g/mol. The summed E-state index contributed by atoms with van der Waals surface area (Å²) < 4.78 is 0. The second-order valence-electron chi connectivity index (χ2n) is 3.19. The first kappa shape index (κ1) is 10.2. The second kappa shape index (κ2) is 4.43. The van der Waals surface area contributed by atoms with Crippen LogP contribution in [0, 0.1) is 0 Å². The molecule has 0 atom stereocenters. The van der Waals surface area contributed by atoms with E-state index in [-0.39, 0.29) is 0 Å². The van der Waals surface area contributed by atoms with E-state index in [1.807, 2.05) is 0 Å². The number of nitrogens with one attached hydrogen (secondary N) is 2. The van der Waals surface area contributed by atoms with Gasteiger partial charge in [-0.15, -0.1) is 0 Å². The van der Waals surface area contributed by atoms with E-state index in [1.54, 1.807) is 30.9 Å². The van der Waals surface area contributed by atoms with Crippen LogP contribution in [0.1, 0.15) is 16.1 Å². The van der Waals surface area contributed by atoms with Crippen LogP contribution in [-0.2, 0) is 6.54 Å². The topological polar surface area (TPSA) is 96.7 Å². The van der Waals surface area contributed by atoms with Crippen molar-refractivity contribution in [3.8, 4) is 0 Å². The Balaban J connectivity index is 2.12. The van der Waals surface area contributed by atoms with E-state index < -0.39 is 5.91 Å². The van der Waals surface area contributed by atoms with Gasteiger partial charge >= 0.3 is 0 Å². The van der Waals surface area contributed by atoms with Gasteiger partial charge < -0.3 is 16.0 Å². The van der Waals surface area contributed by atoms with E-state index in [4.69, 9.17) is 5.73 Å². The number of rotatable bonds is 4. The van der Waals surface area contributed by atoms with Gasteiger partial charge in [0.15, 0.2) is 0 Å². The van der Waals surface area contributed by atoms with E-state index >= 15 is 0 Å². The van der Waals surface area contributed by atoms with Crippen molar-refractivity contribution < 1.29 is 4.79 Å². The van der Waals surface area contributed by atoms with E-state index in [0.29, 0.717) is 17.9 Å². The van der Waals surface area contributed by atoms with Gasteiger partial charge in [-0.25, -0.2) is 9.97 Å². The zero-order valence-electron chi connectivity index (χ0n) is 8.47. The Morgan fingerprint density at radius 2 is 2.44 bits per heavy atom. The molecule has 0 bridgehead atoms. The molecule has 0 aliphatic rings. The minimum Gasteiger partial charge on any atom is -0.365 e. The SMILES string of the molecule is NC(=O)c1cccnc1NCc1cnc[nH]1. The van der Waals surface area contributed by atoms with Crippen LogP contribution in [0.4, 0.5) is 5.82 Å². The number of H-pyrrole nitrogens is 1. The number of hydrogen-bond acceptors (Lipinski definition) is 4. The van der Waals surface area contributed by atoms with Crippen LogP contribution in [0.3, 0.4) is 0 Å². The molecule has 1 amide bonds. The molecule has 6 heteroatoms. The molecule has 4 N–H and O–H groups in total. The van der Waals surface area contributed by atoms with Crippen molar-refractivity contribution >= 4 is 11.7 Å². The monoisotopic (exact) mass is 217 g/mol. The highest BCUT2D eigenvalue weighted by molar-refractivity contribution is 5.97. The zero-order valence-corrected chi connectivity index (χ0v) is 8.47. The molecule has 6 nitrogen and oxygen atoms in total. The largest absolute Gasteiger partial charge is 0.365 e. The van der Waals surface area contributed by atoms with E-state index in [2.05, 4.69) is 20.3 Å². The van der Waals surface area contributed by atoms with Gasteiger partial charge in [-0.2, -0.15) is 0 Å². The van der Waals surface area contributed by atoms with Gasteiger partial charge in [0.25, 0.3) is 5.91 Å². The standard InChI is InChI=1S/C10H11N5O/c11-9(16)8-2-1-3-13-10(8)14-5-7-4-12-6-15-7/h1-4,6H,5H2,(H2,11,16)(H,12,15)(H,13,14). The summed E-state index contributed by atoms with van der Waals surface area (Å²) in [6.45, 7) is 0.511. The smallest absolute Gasteiger partial charge is 0.252 e. The molecule has 0 unspecified atom stereocenters. The molecular formula is C10H11N5O. The Hall–Kier alpha value is -2.37. The molecule has 16 heavy (non-hydrogen) atoms. The summed E-state index contributed by atoms with van der Waals surface area (Å²) in [5.41, 5.74) is 6.51. The Morgan fingerprint density at radius 3 is 3.12 bits per heavy atom. The number of pyridine rings is 1. The van der Waals surface area contributed by atoms with Crippen LogP contribution in [0.25, 0.3) is 0 Å². The fourth-order valence-electron chi connectivity index (χ4n) is 1.31. The molecule has 0 aliphatic heterocycles. The Labute approximate surface area is 91.9 Å². The zero-order chi connectivity index (χ0) is 11.4. The maximum Gasteiger partial charge on any atom is 0.252 e. The summed E-state index contributed by atoms with van der Waals surface area (Å²) in [7, 11) is 0. The lowest BCUT2D eigenvalue weighted by Crippen LogP contribution is -2.15. The summed E-state index contributed by atoms with van der Waals surface area (Å²) in [6, 6.07) is 3.30. The van der Waals surface area contributed by atoms with Gasteiger partial charge in [0, 0.05) is 12.4 Å². The molecule has 2 aromatic heterocycles. The van der Waals surface area contributed by atoms with Crippen molar-refractivity contribution in [3.05, 3.63) is 42.1 Å². The molecule has 0 radical (unpaired) electrons. The van der Waals surface area contributed by atoms with Crippen molar-refractivity contribution in [2.45, 2.75) is 6.54 Å². The lowest BCUT2D eigenvalue weighted by molar-refractivity contribution is 0.100. The molecule has 82 valence electrons. The summed E-state index contributed by atoms with van der Waals surface area (Å²) in [5.74, 6) is -0.0233. The van der Waals surface area contributed by atoms with E-state index in [0.717, 1.165) is 5.69 Å². The Morgan fingerprint density at radius 1 is 1.56 bits per heavy atom. The number of primary amides is 1. The first-order chi connectivity index (χ1) is 7.77. The van der Waals surface area contributed by atoms with Crippen molar-refractivity contribution in [3.63, 3.8) is 0 Å². The van der Waals surface area contributed by atoms with Crippen LogP contribution in [0.5, 0.6) is 0 Å². The highest BCUT2D eigenvalue weighted by Crippen LogP contribution is 2.11. The van der Waals surface area contributed by atoms with Gasteiger partial charge in [-0.1, -0.05) is 0 Å². The number of nitrogens with zero attached hydrogens (tertiary/aromatic N) is 2. The molecule has 0 aliphatic carbocycles. The third-order valence-corrected chi connectivity index (χ3v) is 2.07. The highest BCUT2D eigenvalue weighted by atomic mass is 16.1. The number of anilines is 1. The van der Waals surface area contributed by atoms with Crippen LogP contribution in [0.2, 0.25) is 0 Å².